The average molecular weight is 514 g/mol. The molecule has 0 spiro atoms. The lowest BCUT2D eigenvalue weighted by atomic mass is 10.1. The molecule has 0 aromatic heterocycles. The molecule has 2 aromatic rings. The Kier molecular flexibility index (Phi) is 8.58. The fourth-order valence-corrected chi connectivity index (χ4v) is 4.42. The van der Waals surface area contributed by atoms with E-state index in [1.807, 2.05) is 0 Å². The van der Waals surface area contributed by atoms with Crippen molar-refractivity contribution >= 4 is 43.5 Å². The maximum atomic E-state index is 13.3. The van der Waals surface area contributed by atoms with Crippen molar-refractivity contribution in [2.24, 2.45) is 0 Å². The summed E-state index contributed by atoms with van der Waals surface area (Å²) in [5, 5.41) is 2.67. The van der Waals surface area contributed by atoms with Crippen LogP contribution in [0.2, 0.25) is 0 Å². The van der Waals surface area contributed by atoms with Crippen LogP contribution in [0.4, 0.5) is 10.1 Å². The molecular formula is C21H25BrFN3O4S. The average Bonchev–Trinajstić information content (AvgIpc) is 2.71. The highest BCUT2D eigenvalue weighted by Gasteiger charge is 2.30. The molecule has 168 valence electrons. The van der Waals surface area contributed by atoms with Gasteiger partial charge in [0.1, 0.15) is 18.4 Å². The zero-order valence-corrected chi connectivity index (χ0v) is 19.9. The molecule has 0 fully saturated rings. The highest BCUT2D eigenvalue weighted by molar-refractivity contribution is 9.10. The molecule has 0 heterocycles. The van der Waals surface area contributed by atoms with Gasteiger partial charge in [0.2, 0.25) is 21.8 Å². The number of amides is 2. The monoisotopic (exact) mass is 513 g/mol. The summed E-state index contributed by atoms with van der Waals surface area (Å²) < 4.78 is 39.7. The van der Waals surface area contributed by atoms with Crippen molar-refractivity contribution in [2.45, 2.75) is 26.4 Å². The normalized spacial score (nSPS) is 12.2. The second-order valence-electron chi connectivity index (χ2n) is 6.94. The lowest BCUT2D eigenvalue weighted by Crippen LogP contribution is -2.51. The van der Waals surface area contributed by atoms with Crippen molar-refractivity contribution in [3.63, 3.8) is 0 Å². The number of carbonyl (C=O) groups is 2. The Balaban J connectivity index is 2.38. The van der Waals surface area contributed by atoms with Gasteiger partial charge in [-0.3, -0.25) is 13.9 Å². The Morgan fingerprint density at radius 2 is 1.74 bits per heavy atom. The van der Waals surface area contributed by atoms with Gasteiger partial charge in [-0.2, -0.15) is 0 Å². The molecule has 1 N–H and O–H groups in total. The molecule has 7 nitrogen and oxygen atoms in total. The van der Waals surface area contributed by atoms with Crippen LogP contribution < -0.4 is 9.62 Å². The molecule has 31 heavy (non-hydrogen) atoms. The highest BCUT2D eigenvalue weighted by Crippen LogP contribution is 2.28. The van der Waals surface area contributed by atoms with E-state index >= 15 is 0 Å². The third-order valence-corrected chi connectivity index (χ3v) is 6.38. The number of carbonyl (C=O) groups excluding carboxylic acids is 2. The van der Waals surface area contributed by atoms with Crippen molar-refractivity contribution in [1.82, 2.24) is 10.2 Å². The fourth-order valence-electron chi connectivity index (χ4n) is 2.94. The predicted octanol–water partition coefficient (Wildman–Crippen LogP) is 2.91. The van der Waals surface area contributed by atoms with Crippen LogP contribution in [-0.2, 0) is 26.2 Å². The topological polar surface area (TPSA) is 86.8 Å². The van der Waals surface area contributed by atoms with Crippen LogP contribution >= 0.6 is 15.9 Å². The van der Waals surface area contributed by atoms with Crippen molar-refractivity contribution < 1.29 is 22.4 Å². The van der Waals surface area contributed by atoms with Gasteiger partial charge >= 0.3 is 0 Å². The SMILES string of the molecule is CCNC(=O)[C@H](C)N(Cc1ccc(F)cc1)C(=O)CN(c1ccccc1Br)S(C)(=O)=O. The van der Waals surface area contributed by atoms with Gasteiger partial charge in [0.25, 0.3) is 0 Å². The lowest BCUT2D eigenvalue weighted by molar-refractivity contribution is -0.139. The first kappa shape index (κ1) is 24.8. The molecule has 0 unspecified atom stereocenters. The number of nitrogens with zero attached hydrogens (tertiary/aromatic N) is 2. The van der Waals surface area contributed by atoms with Crippen molar-refractivity contribution in [3.05, 3.63) is 64.4 Å². The Bertz CT molecular complexity index is 1030. The Labute approximate surface area is 190 Å². The smallest absolute Gasteiger partial charge is 0.244 e. The number of rotatable bonds is 9. The number of nitrogens with one attached hydrogen (secondary N) is 1. The van der Waals surface area contributed by atoms with E-state index in [0.717, 1.165) is 10.6 Å². The van der Waals surface area contributed by atoms with Crippen molar-refractivity contribution in [1.29, 1.82) is 0 Å². The maximum Gasteiger partial charge on any atom is 0.244 e. The summed E-state index contributed by atoms with van der Waals surface area (Å²) >= 11 is 3.32. The summed E-state index contributed by atoms with van der Waals surface area (Å²) in [5.74, 6) is -1.36. The van der Waals surface area contributed by atoms with Crippen LogP contribution in [0, 0.1) is 5.82 Å². The first-order valence-electron chi connectivity index (χ1n) is 9.58. The Morgan fingerprint density at radius 1 is 1.13 bits per heavy atom. The van der Waals surface area contributed by atoms with Gasteiger partial charge in [-0.15, -0.1) is 0 Å². The minimum absolute atomic E-state index is 0.0188. The van der Waals surface area contributed by atoms with E-state index in [9.17, 15) is 22.4 Å². The summed E-state index contributed by atoms with van der Waals surface area (Å²) in [7, 11) is -3.80. The maximum absolute atomic E-state index is 13.3. The summed E-state index contributed by atoms with van der Waals surface area (Å²) in [5.41, 5.74) is 0.920. The lowest BCUT2D eigenvalue weighted by Gasteiger charge is -2.31. The number of para-hydroxylation sites is 1. The third-order valence-electron chi connectivity index (χ3n) is 4.58. The summed E-state index contributed by atoms with van der Waals surface area (Å²) in [6.45, 7) is 3.23. The second kappa shape index (κ2) is 10.7. The number of benzene rings is 2. The van der Waals surface area contributed by atoms with Crippen LogP contribution in [0.25, 0.3) is 0 Å². The van der Waals surface area contributed by atoms with Gasteiger partial charge < -0.3 is 10.2 Å². The fraction of sp³-hybridized carbons (Fsp3) is 0.333. The largest absolute Gasteiger partial charge is 0.355 e. The molecule has 0 aliphatic heterocycles. The summed E-state index contributed by atoms with van der Waals surface area (Å²) in [6.07, 6.45) is 1.01. The molecule has 0 aliphatic rings. The van der Waals surface area contributed by atoms with Gasteiger partial charge in [0.05, 0.1) is 11.9 Å². The minimum atomic E-state index is -3.80. The van der Waals surface area contributed by atoms with E-state index in [0.29, 0.717) is 22.3 Å². The standard InChI is InChI=1S/C21H25BrFN3O4S/c1-4-24-21(28)15(2)25(13-16-9-11-17(23)12-10-16)20(27)14-26(31(3,29)30)19-8-6-5-7-18(19)22/h5-12,15H,4,13-14H2,1-3H3,(H,24,28)/t15-/m0/s1. The zero-order chi connectivity index (χ0) is 23.2. The molecule has 2 aromatic carbocycles. The van der Waals surface area contributed by atoms with E-state index in [4.69, 9.17) is 0 Å². The van der Waals surface area contributed by atoms with Gasteiger partial charge in [-0.05, 0) is 59.6 Å². The predicted molar refractivity (Wildman–Crippen MR) is 121 cm³/mol. The summed E-state index contributed by atoms with van der Waals surface area (Å²) in [6, 6.07) is 11.3. The van der Waals surface area contributed by atoms with Crippen LogP contribution in [0.1, 0.15) is 19.4 Å². The highest BCUT2D eigenvalue weighted by atomic mass is 79.9. The van der Waals surface area contributed by atoms with Gasteiger partial charge in [0.15, 0.2) is 0 Å². The molecule has 0 saturated heterocycles. The molecule has 0 aliphatic carbocycles. The van der Waals surface area contributed by atoms with Gasteiger partial charge in [-0.1, -0.05) is 24.3 Å². The molecule has 2 amide bonds. The number of hydrogen-bond acceptors (Lipinski definition) is 4. The number of hydrogen-bond donors (Lipinski definition) is 1. The van der Waals surface area contributed by atoms with Crippen molar-refractivity contribution in [3.8, 4) is 0 Å². The Morgan fingerprint density at radius 3 is 2.29 bits per heavy atom. The first-order valence-corrected chi connectivity index (χ1v) is 12.2. The third kappa shape index (κ3) is 6.76. The van der Waals surface area contributed by atoms with E-state index < -0.39 is 34.3 Å². The van der Waals surface area contributed by atoms with E-state index in [1.54, 1.807) is 38.1 Å². The van der Waals surface area contributed by atoms with Crippen LogP contribution in [0.5, 0.6) is 0 Å². The molecule has 2 rings (SSSR count). The molecular weight excluding hydrogens is 489 g/mol. The molecule has 0 radical (unpaired) electrons. The van der Waals surface area contributed by atoms with Crippen LogP contribution in [-0.4, -0.2) is 50.5 Å². The molecule has 0 bridgehead atoms. The number of sulfonamides is 1. The van der Waals surface area contributed by atoms with Crippen LogP contribution in [0.15, 0.2) is 53.0 Å². The molecule has 10 heteroatoms. The van der Waals surface area contributed by atoms with E-state index in [1.165, 1.54) is 29.2 Å². The molecule has 1 atom stereocenters. The summed E-state index contributed by atoms with van der Waals surface area (Å²) in [4.78, 5) is 27.0. The number of halogens is 2. The first-order chi connectivity index (χ1) is 14.5. The van der Waals surface area contributed by atoms with Crippen molar-refractivity contribution in [2.75, 3.05) is 23.7 Å². The minimum Gasteiger partial charge on any atom is -0.355 e. The number of anilines is 1. The molecule has 0 saturated carbocycles. The quantitative estimate of drug-likeness (QED) is 0.558. The van der Waals surface area contributed by atoms with E-state index in [-0.39, 0.29) is 12.5 Å². The van der Waals surface area contributed by atoms with E-state index in [2.05, 4.69) is 21.2 Å². The second-order valence-corrected chi connectivity index (χ2v) is 9.70. The van der Waals surface area contributed by atoms with Crippen LogP contribution in [0.3, 0.4) is 0 Å². The number of likely N-dealkylation sites (N-methyl/N-ethyl adjacent to an activating group) is 1. The van der Waals surface area contributed by atoms with Gasteiger partial charge in [-0.25, -0.2) is 12.8 Å². The zero-order valence-electron chi connectivity index (χ0n) is 17.5. The Hall–Kier alpha value is -2.46. The van der Waals surface area contributed by atoms with Gasteiger partial charge in [0, 0.05) is 17.6 Å².